The number of amides is 1. The third-order valence-corrected chi connectivity index (χ3v) is 4.87. The third kappa shape index (κ3) is 4.62. The number of sulfonamides is 1. The van der Waals surface area contributed by atoms with E-state index in [1.165, 1.54) is 25.4 Å². The Labute approximate surface area is 163 Å². The van der Waals surface area contributed by atoms with Gasteiger partial charge in [-0.25, -0.2) is 14.8 Å². The van der Waals surface area contributed by atoms with Crippen LogP contribution in [0.5, 0.6) is 11.8 Å². The van der Waals surface area contributed by atoms with E-state index in [1.54, 1.807) is 0 Å². The fourth-order valence-corrected chi connectivity index (χ4v) is 3.14. The zero-order chi connectivity index (χ0) is 21.8. The van der Waals surface area contributed by atoms with Crippen molar-refractivity contribution in [3.05, 3.63) is 42.2 Å². The van der Waals surface area contributed by atoms with Gasteiger partial charge in [-0.15, -0.1) is 0 Å². The second-order valence-corrected chi connectivity index (χ2v) is 7.04. The van der Waals surface area contributed by atoms with E-state index in [-0.39, 0.29) is 11.8 Å². The molecule has 0 spiro atoms. The number of hydrogen-bond donors (Lipinski definition) is 0. The SMILES string of the molecule is CCC(=O)N(c1ccc(Oc2ncccn2)cc1C(=O)OC)S(=O)(=O)C(F)(F)F. The molecule has 0 unspecified atom stereocenters. The summed E-state index contributed by atoms with van der Waals surface area (Å²) in [5, 5.41) is 0. The van der Waals surface area contributed by atoms with E-state index in [1.807, 2.05) is 0 Å². The Morgan fingerprint density at radius 2 is 1.79 bits per heavy atom. The highest BCUT2D eigenvalue weighted by molar-refractivity contribution is 7.94. The molecule has 0 fully saturated rings. The molecule has 0 bridgehead atoms. The Hall–Kier alpha value is -3.22. The Morgan fingerprint density at radius 3 is 2.31 bits per heavy atom. The maximum atomic E-state index is 13.1. The second kappa shape index (κ2) is 8.43. The number of anilines is 1. The monoisotopic (exact) mass is 433 g/mol. The van der Waals surface area contributed by atoms with Crippen molar-refractivity contribution in [3.63, 3.8) is 0 Å². The van der Waals surface area contributed by atoms with Crippen LogP contribution in [-0.2, 0) is 19.6 Å². The summed E-state index contributed by atoms with van der Waals surface area (Å²) in [5.41, 5.74) is -7.25. The quantitative estimate of drug-likeness (QED) is 0.639. The lowest BCUT2D eigenvalue weighted by Gasteiger charge is -2.25. The van der Waals surface area contributed by atoms with Crippen molar-refractivity contribution in [2.45, 2.75) is 18.9 Å². The van der Waals surface area contributed by atoms with Crippen molar-refractivity contribution in [2.75, 3.05) is 11.4 Å². The summed E-state index contributed by atoms with van der Waals surface area (Å²) < 4.78 is 72.6. The molecule has 1 aromatic heterocycles. The van der Waals surface area contributed by atoms with Crippen LogP contribution in [0.25, 0.3) is 0 Å². The number of alkyl halides is 3. The Bertz CT molecular complexity index is 1010. The Balaban J connectivity index is 2.64. The summed E-state index contributed by atoms with van der Waals surface area (Å²) in [5.74, 6) is -2.69. The highest BCUT2D eigenvalue weighted by Crippen LogP contribution is 2.35. The summed E-state index contributed by atoms with van der Waals surface area (Å²) in [7, 11) is -5.19. The van der Waals surface area contributed by atoms with Crippen molar-refractivity contribution in [1.82, 2.24) is 9.97 Å². The van der Waals surface area contributed by atoms with Crippen molar-refractivity contribution in [3.8, 4) is 11.8 Å². The minimum atomic E-state index is -6.13. The van der Waals surface area contributed by atoms with Gasteiger partial charge in [0.05, 0.1) is 18.4 Å². The first-order chi connectivity index (χ1) is 13.5. The van der Waals surface area contributed by atoms with Crippen LogP contribution in [0.4, 0.5) is 18.9 Å². The molecule has 0 aliphatic carbocycles. The van der Waals surface area contributed by atoms with E-state index in [9.17, 15) is 31.2 Å². The first-order valence-corrected chi connectivity index (χ1v) is 9.28. The van der Waals surface area contributed by atoms with Gasteiger partial charge in [-0.05, 0) is 24.3 Å². The first-order valence-electron chi connectivity index (χ1n) is 7.84. The van der Waals surface area contributed by atoms with Crippen LogP contribution in [0.1, 0.15) is 23.7 Å². The van der Waals surface area contributed by atoms with Crippen LogP contribution in [0.2, 0.25) is 0 Å². The van der Waals surface area contributed by atoms with Gasteiger partial charge < -0.3 is 9.47 Å². The van der Waals surface area contributed by atoms with Gasteiger partial charge in [-0.1, -0.05) is 6.92 Å². The second-order valence-electron chi connectivity index (χ2n) is 5.27. The molecule has 0 aliphatic heterocycles. The van der Waals surface area contributed by atoms with Crippen LogP contribution in [0.15, 0.2) is 36.7 Å². The van der Waals surface area contributed by atoms with Crippen molar-refractivity contribution >= 4 is 27.6 Å². The maximum absolute atomic E-state index is 13.1. The van der Waals surface area contributed by atoms with Gasteiger partial charge in [0, 0.05) is 18.8 Å². The fraction of sp³-hybridized carbons (Fsp3) is 0.250. The third-order valence-electron chi connectivity index (χ3n) is 3.41. The highest BCUT2D eigenvalue weighted by Gasteiger charge is 2.52. The van der Waals surface area contributed by atoms with Gasteiger partial charge in [0.15, 0.2) is 0 Å². The molecule has 0 radical (unpaired) electrons. The van der Waals surface area contributed by atoms with E-state index in [4.69, 9.17) is 4.74 Å². The fourth-order valence-electron chi connectivity index (χ4n) is 2.12. The van der Waals surface area contributed by atoms with Gasteiger partial charge in [-0.2, -0.15) is 25.9 Å². The zero-order valence-corrected chi connectivity index (χ0v) is 15.8. The number of methoxy groups -OCH3 is 1. The molecule has 9 nitrogen and oxygen atoms in total. The molecule has 2 rings (SSSR count). The molecule has 1 amide bonds. The molecular weight excluding hydrogens is 419 g/mol. The molecular formula is C16H14F3N3O6S. The van der Waals surface area contributed by atoms with E-state index >= 15 is 0 Å². The molecule has 13 heteroatoms. The number of carbonyl (C=O) groups is 2. The van der Waals surface area contributed by atoms with Gasteiger partial charge in [0.1, 0.15) is 5.75 Å². The topological polar surface area (TPSA) is 116 Å². The number of hydrogen-bond acceptors (Lipinski definition) is 8. The van der Waals surface area contributed by atoms with Gasteiger partial charge in [-0.3, -0.25) is 4.79 Å². The van der Waals surface area contributed by atoms with Crippen LogP contribution in [0.3, 0.4) is 0 Å². The summed E-state index contributed by atoms with van der Waals surface area (Å²) in [6.45, 7) is 1.17. The number of rotatable bonds is 6. The van der Waals surface area contributed by atoms with Crippen LogP contribution >= 0.6 is 0 Å². The number of carbonyl (C=O) groups excluding carboxylic acids is 2. The van der Waals surface area contributed by atoms with Crippen LogP contribution in [0, 0.1) is 0 Å². The minimum absolute atomic E-state index is 0.103. The predicted octanol–water partition coefficient (Wildman–Crippen LogP) is 2.65. The largest absolute Gasteiger partial charge is 0.517 e. The predicted molar refractivity (Wildman–Crippen MR) is 92.6 cm³/mol. The number of aromatic nitrogens is 2. The number of benzene rings is 1. The summed E-state index contributed by atoms with van der Waals surface area (Å²) in [4.78, 5) is 31.8. The minimum Gasteiger partial charge on any atom is -0.465 e. The van der Waals surface area contributed by atoms with E-state index < -0.39 is 49.4 Å². The number of esters is 1. The lowest BCUT2D eigenvalue weighted by atomic mass is 10.1. The average Bonchev–Trinajstić information content (AvgIpc) is 2.68. The zero-order valence-electron chi connectivity index (χ0n) is 15.0. The van der Waals surface area contributed by atoms with Crippen molar-refractivity contribution in [1.29, 1.82) is 0 Å². The summed E-state index contributed by atoms with van der Waals surface area (Å²) in [6, 6.07) is 4.16. The Kier molecular flexibility index (Phi) is 6.41. The molecule has 0 aliphatic rings. The lowest BCUT2D eigenvalue weighted by Crippen LogP contribution is -2.45. The van der Waals surface area contributed by atoms with E-state index in [0.717, 1.165) is 25.3 Å². The average molecular weight is 433 g/mol. The molecule has 156 valence electrons. The van der Waals surface area contributed by atoms with Gasteiger partial charge >= 0.3 is 27.5 Å². The lowest BCUT2D eigenvalue weighted by molar-refractivity contribution is -0.117. The van der Waals surface area contributed by atoms with Crippen LogP contribution in [-0.4, -0.2) is 42.9 Å². The van der Waals surface area contributed by atoms with E-state index in [2.05, 4.69) is 14.7 Å². The summed E-state index contributed by atoms with van der Waals surface area (Å²) in [6.07, 6.45) is 2.14. The van der Waals surface area contributed by atoms with E-state index in [0.29, 0.717) is 0 Å². The first kappa shape index (κ1) is 22.1. The normalized spacial score (nSPS) is 11.6. The highest BCUT2D eigenvalue weighted by atomic mass is 32.2. The molecule has 2 aromatic rings. The molecule has 1 heterocycles. The number of ether oxygens (including phenoxy) is 2. The number of nitrogens with zero attached hydrogens (tertiary/aromatic N) is 3. The van der Waals surface area contributed by atoms with Crippen LogP contribution < -0.4 is 9.04 Å². The standard InChI is InChI=1S/C16H14F3N3O6S/c1-3-13(23)22(29(25,26)16(17,18)19)12-6-5-10(9-11(12)14(24)27-2)28-15-20-7-4-8-21-15/h4-9H,3H2,1-2H3. The maximum Gasteiger partial charge on any atom is 0.517 e. The number of halogens is 3. The molecule has 0 N–H and O–H groups in total. The van der Waals surface area contributed by atoms with Gasteiger partial charge in [0.25, 0.3) is 0 Å². The molecule has 0 atom stereocenters. The van der Waals surface area contributed by atoms with Crippen molar-refractivity contribution in [2.24, 2.45) is 0 Å². The summed E-state index contributed by atoms with van der Waals surface area (Å²) >= 11 is 0. The van der Waals surface area contributed by atoms with Gasteiger partial charge in [0.2, 0.25) is 5.91 Å². The molecule has 1 aromatic carbocycles. The van der Waals surface area contributed by atoms with Crippen molar-refractivity contribution < 1.29 is 40.7 Å². The molecule has 0 saturated carbocycles. The molecule has 29 heavy (non-hydrogen) atoms. The molecule has 0 saturated heterocycles. The Morgan fingerprint density at radius 1 is 1.17 bits per heavy atom. The smallest absolute Gasteiger partial charge is 0.465 e.